The van der Waals surface area contributed by atoms with Crippen LogP contribution in [0.1, 0.15) is 32.2 Å². The van der Waals surface area contributed by atoms with Crippen molar-refractivity contribution >= 4 is 22.4 Å². The van der Waals surface area contributed by atoms with E-state index in [4.69, 9.17) is 5.73 Å². The number of carbonyl (C=O) groups excluding carboxylic acids is 1. The van der Waals surface area contributed by atoms with E-state index < -0.39 is 0 Å². The van der Waals surface area contributed by atoms with Gasteiger partial charge in [0.15, 0.2) is 0 Å². The van der Waals surface area contributed by atoms with Crippen LogP contribution in [0.3, 0.4) is 0 Å². The fraction of sp³-hybridized carbons (Fsp3) is 0.727. The second-order valence-corrected chi connectivity index (χ2v) is 6.67. The lowest BCUT2D eigenvalue weighted by molar-refractivity contribution is -0.128. The molecule has 1 saturated heterocycles. The average Bonchev–Trinajstić information content (AvgIpc) is 2.74. The van der Waals surface area contributed by atoms with Gasteiger partial charge in [-0.1, -0.05) is 32.1 Å². The lowest BCUT2D eigenvalue weighted by atomic mass is 9.80. The highest BCUT2D eigenvalue weighted by Crippen LogP contribution is 2.34. The third kappa shape index (κ3) is 2.74. The molecule has 5 nitrogen and oxygen atoms in total. The van der Waals surface area contributed by atoms with Crippen molar-refractivity contribution in [2.45, 2.75) is 33.7 Å². The molecule has 2 N–H and O–H groups in total. The van der Waals surface area contributed by atoms with Crippen LogP contribution in [0.5, 0.6) is 0 Å². The molecule has 0 aromatic carbocycles. The van der Waals surface area contributed by atoms with Gasteiger partial charge in [-0.15, -0.1) is 10.2 Å². The van der Waals surface area contributed by atoms with E-state index in [9.17, 15) is 4.79 Å². The van der Waals surface area contributed by atoms with Gasteiger partial charge >= 0.3 is 0 Å². The molecule has 2 heterocycles. The Bertz CT molecular complexity index is 423. The number of amides is 1. The van der Waals surface area contributed by atoms with Crippen molar-refractivity contribution in [3.8, 4) is 0 Å². The van der Waals surface area contributed by atoms with Gasteiger partial charge in [0.05, 0.1) is 6.54 Å². The number of hydrogen-bond donors (Lipinski definition) is 1. The minimum absolute atomic E-state index is 0.171. The van der Waals surface area contributed by atoms with Gasteiger partial charge in [-0.25, -0.2) is 0 Å². The number of hydrogen-bond acceptors (Lipinski definition) is 5. The second-order valence-electron chi connectivity index (χ2n) is 5.58. The van der Waals surface area contributed by atoms with Crippen molar-refractivity contribution in [3.05, 3.63) is 5.01 Å². The summed E-state index contributed by atoms with van der Waals surface area (Å²) in [6, 6.07) is 0. The molecule has 1 aromatic heterocycles. The van der Waals surface area contributed by atoms with Gasteiger partial charge < -0.3 is 10.6 Å². The summed E-state index contributed by atoms with van der Waals surface area (Å²) >= 11 is 1.35. The van der Waals surface area contributed by atoms with Gasteiger partial charge in [0, 0.05) is 13.0 Å². The molecule has 94 valence electrons. The average molecular weight is 254 g/mol. The summed E-state index contributed by atoms with van der Waals surface area (Å²) in [5.74, 6) is 0.624. The van der Waals surface area contributed by atoms with Crippen LogP contribution in [-0.2, 0) is 11.3 Å². The molecule has 0 radical (unpaired) electrons. The Kier molecular flexibility index (Phi) is 3.07. The van der Waals surface area contributed by atoms with Gasteiger partial charge in [0.1, 0.15) is 5.01 Å². The molecule has 6 heteroatoms. The molecule has 0 bridgehead atoms. The first-order chi connectivity index (χ1) is 7.86. The zero-order valence-electron chi connectivity index (χ0n) is 10.4. The molecule has 1 aliphatic rings. The molecule has 2 rings (SSSR count). The Labute approximate surface area is 105 Å². The van der Waals surface area contributed by atoms with Gasteiger partial charge in [-0.05, 0) is 11.3 Å². The number of aromatic nitrogens is 2. The minimum Gasteiger partial charge on any atom is -0.374 e. The van der Waals surface area contributed by atoms with Crippen LogP contribution in [-0.4, -0.2) is 27.5 Å². The summed E-state index contributed by atoms with van der Waals surface area (Å²) in [5.41, 5.74) is 5.70. The topological polar surface area (TPSA) is 72.1 Å². The standard InChI is InChI=1S/C11H18N4OS/c1-11(2,3)7-4-9(16)15(5-7)6-8-13-14-10(12)17-8/h7H,4-6H2,1-3H3,(H2,12,14). The van der Waals surface area contributed by atoms with E-state index in [0.29, 0.717) is 24.0 Å². The van der Waals surface area contributed by atoms with Crippen molar-refractivity contribution in [3.63, 3.8) is 0 Å². The zero-order chi connectivity index (χ0) is 12.6. The highest BCUT2D eigenvalue weighted by molar-refractivity contribution is 7.15. The molecule has 1 aliphatic heterocycles. The Morgan fingerprint density at radius 2 is 2.18 bits per heavy atom. The van der Waals surface area contributed by atoms with Crippen molar-refractivity contribution in [1.82, 2.24) is 15.1 Å². The fourth-order valence-electron chi connectivity index (χ4n) is 2.00. The quantitative estimate of drug-likeness (QED) is 0.868. The summed E-state index contributed by atoms with van der Waals surface area (Å²) in [7, 11) is 0. The Morgan fingerprint density at radius 1 is 1.47 bits per heavy atom. The zero-order valence-corrected chi connectivity index (χ0v) is 11.3. The van der Waals surface area contributed by atoms with Crippen molar-refractivity contribution in [1.29, 1.82) is 0 Å². The molecule has 0 aliphatic carbocycles. The predicted molar refractivity (Wildman–Crippen MR) is 67.3 cm³/mol. The van der Waals surface area contributed by atoms with Crippen molar-refractivity contribution in [2.75, 3.05) is 12.3 Å². The maximum absolute atomic E-state index is 11.9. The van der Waals surface area contributed by atoms with E-state index in [-0.39, 0.29) is 11.3 Å². The largest absolute Gasteiger partial charge is 0.374 e. The normalized spacial score (nSPS) is 21.2. The maximum Gasteiger partial charge on any atom is 0.223 e. The van der Waals surface area contributed by atoms with Crippen molar-refractivity contribution in [2.24, 2.45) is 11.3 Å². The van der Waals surface area contributed by atoms with Crippen molar-refractivity contribution < 1.29 is 4.79 Å². The highest BCUT2D eigenvalue weighted by atomic mass is 32.1. The third-order valence-corrected chi connectivity index (χ3v) is 3.99. The van der Waals surface area contributed by atoms with Gasteiger partial charge in [0.25, 0.3) is 0 Å². The van der Waals surface area contributed by atoms with E-state index in [1.807, 2.05) is 4.90 Å². The molecule has 1 amide bonds. The lowest BCUT2D eigenvalue weighted by Crippen LogP contribution is -2.27. The number of anilines is 1. The minimum atomic E-state index is 0.171. The first kappa shape index (κ1) is 12.3. The van der Waals surface area contributed by atoms with Crippen LogP contribution in [0.15, 0.2) is 0 Å². The third-order valence-electron chi connectivity index (χ3n) is 3.25. The van der Waals surface area contributed by atoms with Crippen LogP contribution < -0.4 is 5.73 Å². The van der Waals surface area contributed by atoms with Crippen LogP contribution in [0, 0.1) is 11.3 Å². The van der Waals surface area contributed by atoms with Gasteiger partial charge in [-0.3, -0.25) is 4.79 Å². The van der Waals surface area contributed by atoms with E-state index in [0.717, 1.165) is 11.6 Å². The number of nitrogens with two attached hydrogens (primary N) is 1. The lowest BCUT2D eigenvalue weighted by Gasteiger charge is -2.26. The number of carbonyl (C=O) groups is 1. The smallest absolute Gasteiger partial charge is 0.223 e. The summed E-state index contributed by atoms with van der Waals surface area (Å²) < 4.78 is 0. The van der Waals surface area contributed by atoms with Crippen LogP contribution in [0.2, 0.25) is 0 Å². The number of nitrogens with zero attached hydrogens (tertiary/aromatic N) is 3. The Morgan fingerprint density at radius 3 is 2.65 bits per heavy atom. The summed E-state index contributed by atoms with van der Waals surface area (Å²) in [6.45, 7) is 7.88. The maximum atomic E-state index is 11.9. The van der Waals surface area contributed by atoms with E-state index in [2.05, 4.69) is 31.0 Å². The van der Waals surface area contributed by atoms with E-state index in [1.165, 1.54) is 11.3 Å². The SMILES string of the molecule is CC(C)(C)C1CC(=O)N(Cc2nnc(N)s2)C1. The number of rotatable bonds is 2. The number of likely N-dealkylation sites (tertiary alicyclic amines) is 1. The van der Waals surface area contributed by atoms with Crippen LogP contribution >= 0.6 is 11.3 Å². The molecular weight excluding hydrogens is 236 g/mol. The molecular formula is C11H18N4OS. The van der Waals surface area contributed by atoms with Crippen LogP contribution in [0.4, 0.5) is 5.13 Å². The molecule has 1 unspecified atom stereocenters. The number of nitrogen functional groups attached to an aromatic ring is 1. The monoisotopic (exact) mass is 254 g/mol. The molecule has 1 atom stereocenters. The van der Waals surface area contributed by atoms with Crippen LogP contribution in [0.25, 0.3) is 0 Å². The molecule has 0 spiro atoms. The summed E-state index contributed by atoms with van der Waals surface area (Å²) in [5, 5.41) is 8.98. The first-order valence-electron chi connectivity index (χ1n) is 5.72. The fourth-order valence-corrected chi connectivity index (χ4v) is 2.62. The highest BCUT2D eigenvalue weighted by Gasteiger charge is 2.36. The van der Waals surface area contributed by atoms with E-state index in [1.54, 1.807) is 0 Å². The first-order valence-corrected chi connectivity index (χ1v) is 6.53. The molecule has 1 fully saturated rings. The second kappa shape index (κ2) is 4.25. The molecule has 0 saturated carbocycles. The summed E-state index contributed by atoms with van der Waals surface area (Å²) in [6.07, 6.45) is 0.637. The Balaban J connectivity index is 2.02. The molecule has 1 aromatic rings. The molecule has 17 heavy (non-hydrogen) atoms. The Hall–Kier alpha value is -1.17. The summed E-state index contributed by atoms with van der Waals surface area (Å²) in [4.78, 5) is 13.8. The van der Waals surface area contributed by atoms with Gasteiger partial charge in [0.2, 0.25) is 11.0 Å². The van der Waals surface area contributed by atoms with Gasteiger partial charge in [-0.2, -0.15) is 0 Å². The van der Waals surface area contributed by atoms with E-state index >= 15 is 0 Å². The predicted octanol–water partition coefficient (Wildman–Crippen LogP) is 1.51.